The Kier molecular flexibility index (Phi) is 2.21. The largest absolute Gasteiger partial charge is 0.495 e. The molecule has 3 nitrogen and oxygen atoms in total. The van der Waals surface area contributed by atoms with Crippen LogP contribution >= 0.6 is 0 Å². The molecule has 0 aromatic carbocycles. The Morgan fingerprint density at radius 1 is 1.50 bits per heavy atom. The molecule has 16 heavy (non-hydrogen) atoms. The van der Waals surface area contributed by atoms with Crippen LogP contribution in [-0.4, -0.2) is 24.7 Å². The van der Waals surface area contributed by atoms with Gasteiger partial charge in [-0.15, -0.1) is 0 Å². The Bertz CT molecular complexity index is 453. The quantitative estimate of drug-likeness (QED) is 0.818. The first-order chi connectivity index (χ1) is 7.78. The summed E-state index contributed by atoms with van der Waals surface area (Å²) >= 11 is 0. The number of hydrogen-bond acceptors (Lipinski definition) is 3. The van der Waals surface area contributed by atoms with Crippen LogP contribution in [0.25, 0.3) is 5.57 Å². The molecule has 0 amide bonds. The molecular formula is C13H16N2O. The van der Waals surface area contributed by atoms with Crippen molar-refractivity contribution in [3.8, 4) is 5.75 Å². The lowest BCUT2D eigenvalue weighted by Crippen LogP contribution is -2.49. The molecule has 1 saturated heterocycles. The van der Waals surface area contributed by atoms with Gasteiger partial charge in [0.15, 0.2) is 0 Å². The van der Waals surface area contributed by atoms with Gasteiger partial charge in [-0.1, -0.05) is 6.08 Å². The number of aryl methyl sites for hydroxylation is 1. The second kappa shape index (κ2) is 3.59. The van der Waals surface area contributed by atoms with Crippen LogP contribution in [-0.2, 0) is 0 Å². The van der Waals surface area contributed by atoms with Gasteiger partial charge in [-0.05, 0) is 30.5 Å². The van der Waals surface area contributed by atoms with E-state index in [1.54, 1.807) is 7.11 Å². The molecule has 3 heteroatoms. The highest BCUT2D eigenvalue weighted by Gasteiger charge is 2.34. The molecule has 1 N–H and O–H groups in total. The lowest BCUT2D eigenvalue weighted by atomic mass is 9.95. The van der Waals surface area contributed by atoms with Gasteiger partial charge in [-0.2, -0.15) is 0 Å². The molecule has 0 saturated carbocycles. The maximum atomic E-state index is 5.31. The minimum Gasteiger partial charge on any atom is -0.495 e. The molecule has 1 aromatic heterocycles. The van der Waals surface area contributed by atoms with Crippen molar-refractivity contribution in [2.24, 2.45) is 5.92 Å². The Labute approximate surface area is 95.5 Å². The SMILES string of the molecule is COc1cc(C2=CC3CNC3C2)cnc1C. The molecule has 1 fully saturated rings. The lowest BCUT2D eigenvalue weighted by molar-refractivity contribution is 0.306. The summed E-state index contributed by atoms with van der Waals surface area (Å²) in [7, 11) is 1.70. The van der Waals surface area contributed by atoms with Gasteiger partial charge in [-0.25, -0.2) is 0 Å². The van der Waals surface area contributed by atoms with E-state index in [-0.39, 0.29) is 0 Å². The zero-order valence-electron chi connectivity index (χ0n) is 9.66. The van der Waals surface area contributed by atoms with Crippen molar-refractivity contribution in [3.63, 3.8) is 0 Å². The Balaban J connectivity index is 1.92. The highest BCUT2D eigenvalue weighted by molar-refractivity contribution is 5.70. The highest BCUT2D eigenvalue weighted by Crippen LogP contribution is 2.36. The number of methoxy groups -OCH3 is 1. The van der Waals surface area contributed by atoms with Gasteiger partial charge < -0.3 is 10.1 Å². The predicted molar refractivity (Wildman–Crippen MR) is 63.4 cm³/mol. The molecule has 0 radical (unpaired) electrons. The van der Waals surface area contributed by atoms with Crippen molar-refractivity contribution < 1.29 is 4.74 Å². The van der Waals surface area contributed by atoms with E-state index in [9.17, 15) is 0 Å². The van der Waals surface area contributed by atoms with Gasteiger partial charge in [0.1, 0.15) is 5.75 Å². The number of hydrogen-bond donors (Lipinski definition) is 1. The second-order valence-electron chi connectivity index (χ2n) is 4.59. The van der Waals surface area contributed by atoms with E-state index in [2.05, 4.69) is 22.4 Å². The summed E-state index contributed by atoms with van der Waals surface area (Å²) in [4.78, 5) is 4.38. The molecule has 1 aliphatic carbocycles. The smallest absolute Gasteiger partial charge is 0.140 e. The molecule has 1 aromatic rings. The third-order valence-corrected chi connectivity index (χ3v) is 3.62. The Morgan fingerprint density at radius 3 is 2.94 bits per heavy atom. The fraction of sp³-hybridized carbons (Fsp3) is 0.462. The molecule has 2 unspecified atom stereocenters. The van der Waals surface area contributed by atoms with Gasteiger partial charge in [0, 0.05) is 24.7 Å². The van der Waals surface area contributed by atoms with Crippen molar-refractivity contribution in [2.45, 2.75) is 19.4 Å². The van der Waals surface area contributed by atoms with Crippen LogP contribution in [0.5, 0.6) is 5.75 Å². The lowest BCUT2D eigenvalue weighted by Gasteiger charge is -2.31. The first kappa shape index (κ1) is 9.85. The summed E-state index contributed by atoms with van der Waals surface area (Å²) in [6, 6.07) is 2.76. The monoisotopic (exact) mass is 216 g/mol. The van der Waals surface area contributed by atoms with E-state index in [4.69, 9.17) is 4.74 Å². The van der Waals surface area contributed by atoms with E-state index in [0.717, 1.165) is 30.3 Å². The zero-order valence-corrected chi connectivity index (χ0v) is 9.66. The van der Waals surface area contributed by atoms with E-state index in [0.29, 0.717) is 6.04 Å². The van der Waals surface area contributed by atoms with Gasteiger partial charge in [0.25, 0.3) is 0 Å². The number of nitrogens with one attached hydrogen (secondary N) is 1. The van der Waals surface area contributed by atoms with Gasteiger partial charge in [-0.3, -0.25) is 4.98 Å². The number of rotatable bonds is 2. The Hall–Kier alpha value is -1.35. The number of nitrogens with zero attached hydrogens (tertiary/aromatic N) is 1. The molecule has 2 heterocycles. The molecular weight excluding hydrogens is 200 g/mol. The first-order valence-electron chi connectivity index (χ1n) is 5.73. The average Bonchev–Trinajstić information content (AvgIpc) is 2.56. The van der Waals surface area contributed by atoms with Crippen LogP contribution in [0.15, 0.2) is 18.3 Å². The summed E-state index contributed by atoms with van der Waals surface area (Å²) in [6.45, 7) is 3.10. The maximum absolute atomic E-state index is 5.31. The fourth-order valence-electron chi connectivity index (χ4n) is 2.49. The molecule has 2 atom stereocenters. The topological polar surface area (TPSA) is 34.1 Å². The molecule has 3 rings (SSSR count). The number of ether oxygens (including phenoxy) is 1. The van der Waals surface area contributed by atoms with E-state index in [1.165, 1.54) is 11.1 Å². The van der Waals surface area contributed by atoms with Crippen molar-refractivity contribution in [1.29, 1.82) is 0 Å². The van der Waals surface area contributed by atoms with Crippen LogP contribution in [0.3, 0.4) is 0 Å². The maximum Gasteiger partial charge on any atom is 0.140 e. The first-order valence-corrected chi connectivity index (χ1v) is 5.73. The van der Waals surface area contributed by atoms with Crippen molar-refractivity contribution >= 4 is 5.57 Å². The number of fused-ring (bicyclic) bond motifs is 1. The molecule has 0 spiro atoms. The summed E-state index contributed by atoms with van der Waals surface area (Å²) in [5.41, 5.74) is 3.57. The summed E-state index contributed by atoms with van der Waals surface area (Å²) < 4.78 is 5.31. The van der Waals surface area contributed by atoms with Gasteiger partial charge in [0.05, 0.1) is 12.8 Å². The minimum absolute atomic E-state index is 0.669. The standard InChI is InChI=1S/C13H16N2O/c1-8-13(16-2)5-10(6-14-8)9-3-11-7-15-12(11)4-9/h3,5-6,11-12,15H,4,7H2,1-2H3. The van der Waals surface area contributed by atoms with E-state index in [1.807, 2.05) is 13.1 Å². The van der Waals surface area contributed by atoms with Crippen LogP contribution in [0.1, 0.15) is 17.7 Å². The second-order valence-corrected chi connectivity index (χ2v) is 4.59. The zero-order chi connectivity index (χ0) is 11.1. The summed E-state index contributed by atoms with van der Waals surface area (Å²) in [5.74, 6) is 1.62. The molecule has 2 aliphatic rings. The highest BCUT2D eigenvalue weighted by atomic mass is 16.5. The van der Waals surface area contributed by atoms with E-state index >= 15 is 0 Å². The average molecular weight is 216 g/mol. The van der Waals surface area contributed by atoms with Crippen LogP contribution in [0, 0.1) is 12.8 Å². The third kappa shape index (κ3) is 1.43. The Morgan fingerprint density at radius 2 is 2.38 bits per heavy atom. The molecule has 84 valence electrons. The van der Waals surface area contributed by atoms with Crippen molar-refractivity contribution in [3.05, 3.63) is 29.6 Å². The van der Waals surface area contributed by atoms with Gasteiger partial charge in [0.2, 0.25) is 0 Å². The number of aromatic nitrogens is 1. The third-order valence-electron chi connectivity index (χ3n) is 3.62. The van der Waals surface area contributed by atoms with Gasteiger partial charge >= 0.3 is 0 Å². The fourth-order valence-corrected chi connectivity index (χ4v) is 2.49. The van der Waals surface area contributed by atoms with Crippen molar-refractivity contribution in [2.75, 3.05) is 13.7 Å². The molecule has 0 bridgehead atoms. The normalized spacial score (nSPS) is 27.0. The minimum atomic E-state index is 0.669. The van der Waals surface area contributed by atoms with Crippen LogP contribution < -0.4 is 10.1 Å². The van der Waals surface area contributed by atoms with Crippen LogP contribution in [0.2, 0.25) is 0 Å². The van der Waals surface area contributed by atoms with Crippen LogP contribution in [0.4, 0.5) is 0 Å². The summed E-state index contributed by atoms with van der Waals surface area (Å²) in [5, 5.41) is 3.44. The molecule has 1 aliphatic heterocycles. The van der Waals surface area contributed by atoms with Crippen molar-refractivity contribution in [1.82, 2.24) is 10.3 Å². The predicted octanol–water partition coefficient (Wildman–Crippen LogP) is 1.77. The van der Waals surface area contributed by atoms with E-state index < -0.39 is 0 Å². The number of pyridine rings is 1. The summed E-state index contributed by atoms with van der Waals surface area (Å²) in [6.07, 6.45) is 5.46.